The topological polar surface area (TPSA) is 86.7 Å². The molecule has 3 rings (SSSR count). The van der Waals surface area contributed by atoms with Crippen LogP contribution in [0.25, 0.3) is 11.0 Å². The molecule has 100 valence electrons. The van der Waals surface area contributed by atoms with Gasteiger partial charge >= 0.3 is 0 Å². The Morgan fingerprint density at radius 1 is 1.35 bits per heavy atom. The molecule has 3 aromatic rings. The minimum absolute atomic E-state index is 0.126. The van der Waals surface area contributed by atoms with E-state index in [0.717, 1.165) is 16.6 Å². The smallest absolute Gasteiger partial charge is 0.258 e. The highest BCUT2D eigenvalue weighted by atomic mass is 16.6. The molecule has 0 aliphatic rings. The van der Waals surface area contributed by atoms with Crippen LogP contribution in [-0.2, 0) is 6.54 Å². The molecule has 2 aromatic heterocycles. The van der Waals surface area contributed by atoms with Gasteiger partial charge < -0.3 is 0 Å². The molecular formula is C13H11N5O2. The number of hydrogen-bond donors (Lipinski definition) is 0. The van der Waals surface area contributed by atoms with E-state index in [1.807, 2.05) is 0 Å². The van der Waals surface area contributed by atoms with Gasteiger partial charge in [-0.15, -0.1) is 0 Å². The van der Waals surface area contributed by atoms with Crippen molar-refractivity contribution in [2.24, 2.45) is 0 Å². The normalized spacial score (nSPS) is 10.8. The van der Waals surface area contributed by atoms with Gasteiger partial charge in [0.15, 0.2) is 5.65 Å². The Balaban J connectivity index is 1.95. The fourth-order valence-electron chi connectivity index (χ4n) is 2.14. The van der Waals surface area contributed by atoms with Crippen LogP contribution in [0.1, 0.15) is 11.1 Å². The Labute approximate surface area is 114 Å². The molecular weight excluding hydrogens is 258 g/mol. The first-order valence-corrected chi connectivity index (χ1v) is 6.00. The predicted octanol–water partition coefficient (Wildman–Crippen LogP) is 2.09. The fraction of sp³-hybridized carbons (Fsp3) is 0.154. The minimum atomic E-state index is -0.379. The third-order valence-electron chi connectivity index (χ3n) is 3.09. The van der Waals surface area contributed by atoms with Crippen molar-refractivity contribution in [2.45, 2.75) is 13.5 Å². The van der Waals surface area contributed by atoms with Crippen LogP contribution in [0.5, 0.6) is 0 Å². The molecule has 7 heteroatoms. The minimum Gasteiger partial charge on any atom is -0.258 e. The van der Waals surface area contributed by atoms with Gasteiger partial charge in [-0.25, -0.2) is 14.6 Å². The van der Waals surface area contributed by atoms with Crippen LogP contribution in [0.4, 0.5) is 5.69 Å². The third kappa shape index (κ3) is 2.09. The van der Waals surface area contributed by atoms with Gasteiger partial charge in [-0.2, -0.15) is 5.10 Å². The first kappa shape index (κ1) is 12.2. The number of hydrogen-bond acceptors (Lipinski definition) is 5. The van der Waals surface area contributed by atoms with Crippen LogP contribution in [0.3, 0.4) is 0 Å². The van der Waals surface area contributed by atoms with Gasteiger partial charge in [-0.1, -0.05) is 6.07 Å². The number of aromatic nitrogens is 4. The molecule has 0 saturated carbocycles. The lowest BCUT2D eigenvalue weighted by atomic mass is 10.1. The maximum absolute atomic E-state index is 10.8. The lowest BCUT2D eigenvalue weighted by Gasteiger charge is -2.04. The summed E-state index contributed by atoms with van der Waals surface area (Å²) in [4.78, 5) is 18.5. The second-order valence-corrected chi connectivity index (χ2v) is 4.48. The summed E-state index contributed by atoms with van der Waals surface area (Å²) >= 11 is 0. The van der Waals surface area contributed by atoms with Crippen LogP contribution in [0, 0.1) is 17.0 Å². The highest BCUT2D eigenvalue weighted by Crippen LogP contribution is 2.20. The Morgan fingerprint density at radius 2 is 2.20 bits per heavy atom. The van der Waals surface area contributed by atoms with Crippen LogP contribution in [0.15, 0.2) is 36.9 Å². The van der Waals surface area contributed by atoms with Crippen molar-refractivity contribution in [2.75, 3.05) is 0 Å². The number of nitrogens with zero attached hydrogens (tertiary/aromatic N) is 5. The summed E-state index contributed by atoms with van der Waals surface area (Å²) in [6, 6.07) is 5.05. The Hall–Kier alpha value is -2.83. The van der Waals surface area contributed by atoms with E-state index in [1.54, 1.807) is 36.1 Å². The fourth-order valence-corrected chi connectivity index (χ4v) is 2.14. The Kier molecular flexibility index (Phi) is 2.86. The van der Waals surface area contributed by atoms with E-state index < -0.39 is 0 Å². The van der Waals surface area contributed by atoms with Crippen molar-refractivity contribution in [1.82, 2.24) is 19.7 Å². The zero-order valence-electron chi connectivity index (χ0n) is 10.7. The summed E-state index contributed by atoms with van der Waals surface area (Å²) in [6.45, 7) is 2.24. The van der Waals surface area contributed by atoms with Crippen molar-refractivity contribution in [3.05, 3.63) is 58.2 Å². The van der Waals surface area contributed by atoms with Gasteiger partial charge in [0.05, 0.1) is 23.1 Å². The van der Waals surface area contributed by atoms with Gasteiger partial charge in [-0.3, -0.25) is 10.1 Å². The molecule has 0 aliphatic carbocycles. The molecule has 2 heterocycles. The van der Waals surface area contributed by atoms with Crippen molar-refractivity contribution in [3.8, 4) is 0 Å². The molecule has 0 atom stereocenters. The van der Waals surface area contributed by atoms with E-state index >= 15 is 0 Å². The van der Waals surface area contributed by atoms with E-state index in [2.05, 4.69) is 15.1 Å². The number of nitro benzene ring substituents is 1. The highest BCUT2D eigenvalue weighted by Gasteiger charge is 2.11. The lowest BCUT2D eigenvalue weighted by Crippen LogP contribution is -2.03. The number of rotatable bonds is 3. The Morgan fingerprint density at radius 3 is 2.95 bits per heavy atom. The molecule has 0 bridgehead atoms. The molecule has 0 spiro atoms. The van der Waals surface area contributed by atoms with Crippen LogP contribution in [-0.4, -0.2) is 24.7 Å². The van der Waals surface area contributed by atoms with Gasteiger partial charge in [0, 0.05) is 17.8 Å². The number of fused-ring (bicyclic) bond motifs is 1. The van der Waals surface area contributed by atoms with Crippen molar-refractivity contribution in [3.63, 3.8) is 0 Å². The van der Waals surface area contributed by atoms with Gasteiger partial charge in [-0.05, 0) is 18.6 Å². The monoisotopic (exact) mass is 269 g/mol. The molecule has 0 amide bonds. The molecule has 0 radical (unpaired) electrons. The summed E-state index contributed by atoms with van der Waals surface area (Å²) in [5.74, 6) is 0. The standard InChI is InChI=1S/C13H11N5O2/c1-9-4-10(2-3-12(9)18(19)20)7-17-13-11(6-16-17)5-14-8-15-13/h2-6,8H,7H2,1H3. The second kappa shape index (κ2) is 4.69. The number of aryl methyl sites for hydroxylation is 1. The van der Waals surface area contributed by atoms with E-state index in [0.29, 0.717) is 12.1 Å². The maximum atomic E-state index is 10.8. The maximum Gasteiger partial charge on any atom is 0.272 e. The average molecular weight is 269 g/mol. The van der Waals surface area contributed by atoms with E-state index in [9.17, 15) is 10.1 Å². The first-order valence-electron chi connectivity index (χ1n) is 6.00. The van der Waals surface area contributed by atoms with Crippen LogP contribution < -0.4 is 0 Å². The summed E-state index contributed by atoms with van der Waals surface area (Å²) in [7, 11) is 0. The summed E-state index contributed by atoms with van der Waals surface area (Å²) in [6.07, 6.45) is 4.88. The SMILES string of the molecule is Cc1cc(Cn2ncc3cncnc32)ccc1[N+](=O)[O-]. The molecule has 0 aliphatic heterocycles. The molecule has 0 fully saturated rings. The summed E-state index contributed by atoms with van der Waals surface area (Å²) in [5.41, 5.74) is 2.45. The molecule has 20 heavy (non-hydrogen) atoms. The van der Waals surface area contributed by atoms with Gasteiger partial charge in [0.1, 0.15) is 6.33 Å². The van der Waals surface area contributed by atoms with Gasteiger partial charge in [0.2, 0.25) is 0 Å². The van der Waals surface area contributed by atoms with Crippen molar-refractivity contribution >= 4 is 16.7 Å². The molecule has 0 N–H and O–H groups in total. The summed E-state index contributed by atoms with van der Waals surface area (Å²) < 4.78 is 1.75. The predicted molar refractivity (Wildman–Crippen MR) is 72.3 cm³/mol. The summed E-state index contributed by atoms with van der Waals surface area (Å²) in [5, 5.41) is 15.9. The van der Waals surface area contributed by atoms with Crippen molar-refractivity contribution < 1.29 is 4.92 Å². The average Bonchev–Trinajstić information content (AvgIpc) is 2.82. The number of benzene rings is 1. The van der Waals surface area contributed by atoms with E-state index in [4.69, 9.17) is 0 Å². The first-order chi connectivity index (χ1) is 9.65. The third-order valence-corrected chi connectivity index (χ3v) is 3.09. The zero-order valence-corrected chi connectivity index (χ0v) is 10.7. The van der Waals surface area contributed by atoms with Crippen LogP contribution in [0.2, 0.25) is 0 Å². The van der Waals surface area contributed by atoms with E-state index in [-0.39, 0.29) is 10.6 Å². The Bertz CT molecular complexity index is 796. The second-order valence-electron chi connectivity index (χ2n) is 4.48. The van der Waals surface area contributed by atoms with Crippen LogP contribution >= 0.6 is 0 Å². The number of nitro groups is 1. The largest absolute Gasteiger partial charge is 0.272 e. The van der Waals surface area contributed by atoms with E-state index in [1.165, 1.54) is 12.4 Å². The molecule has 7 nitrogen and oxygen atoms in total. The molecule has 0 unspecified atom stereocenters. The quantitative estimate of drug-likeness (QED) is 0.536. The zero-order chi connectivity index (χ0) is 14.1. The highest BCUT2D eigenvalue weighted by molar-refractivity contribution is 5.72. The lowest BCUT2D eigenvalue weighted by molar-refractivity contribution is -0.385. The molecule has 1 aromatic carbocycles. The van der Waals surface area contributed by atoms with Crippen molar-refractivity contribution in [1.29, 1.82) is 0 Å². The van der Waals surface area contributed by atoms with Gasteiger partial charge in [0.25, 0.3) is 5.69 Å². The molecule has 0 saturated heterocycles.